The van der Waals surface area contributed by atoms with Gasteiger partial charge in [0, 0.05) is 19.0 Å². The highest BCUT2D eigenvalue weighted by Gasteiger charge is 2.16. The number of halogens is 1. The monoisotopic (exact) mass is 253 g/mol. The lowest BCUT2D eigenvalue weighted by Crippen LogP contribution is -2.28. The zero-order valence-corrected chi connectivity index (χ0v) is 10.9. The minimum absolute atomic E-state index is 0.131. The fraction of sp³-hybridized carbons (Fsp3) is 0.500. The fourth-order valence-electron chi connectivity index (χ4n) is 1.89. The summed E-state index contributed by atoms with van der Waals surface area (Å²) >= 11 is 0. The van der Waals surface area contributed by atoms with Crippen molar-refractivity contribution in [3.8, 4) is 0 Å². The first-order chi connectivity index (χ1) is 8.65. The van der Waals surface area contributed by atoms with Crippen LogP contribution in [0.3, 0.4) is 0 Å². The molecule has 0 N–H and O–H groups in total. The number of nitrogens with zero attached hydrogens (tertiary/aromatic N) is 1. The fourth-order valence-corrected chi connectivity index (χ4v) is 1.89. The molecule has 0 spiro atoms. The zero-order valence-electron chi connectivity index (χ0n) is 10.9. The highest BCUT2D eigenvalue weighted by atomic mass is 19.1. The van der Waals surface area contributed by atoms with Gasteiger partial charge in [0.05, 0.1) is 20.2 Å². The number of alkyl halides is 1. The van der Waals surface area contributed by atoms with Gasteiger partial charge in [-0.2, -0.15) is 0 Å². The number of carbonyl (C=O) groups is 1. The highest BCUT2D eigenvalue weighted by molar-refractivity contribution is 5.69. The Labute approximate surface area is 108 Å². The Morgan fingerprint density at radius 1 is 1.39 bits per heavy atom. The van der Waals surface area contributed by atoms with Crippen LogP contribution in [0.15, 0.2) is 30.3 Å². The van der Waals surface area contributed by atoms with Crippen molar-refractivity contribution >= 4 is 5.97 Å². The van der Waals surface area contributed by atoms with Crippen LogP contribution < -0.4 is 0 Å². The van der Waals surface area contributed by atoms with Gasteiger partial charge in [0.2, 0.25) is 0 Å². The van der Waals surface area contributed by atoms with E-state index in [2.05, 4.69) is 4.74 Å². The molecule has 0 amide bonds. The summed E-state index contributed by atoms with van der Waals surface area (Å²) in [6, 6.07) is 9.97. The van der Waals surface area contributed by atoms with Crippen molar-refractivity contribution in [1.82, 2.24) is 4.90 Å². The van der Waals surface area contributed by atoms with E-state index in [-0.39, 0.29) is 18.3 Å². The van der Waals surface area contributed by atoms with Crippen molar-refractivity contribution < 1.29 is 13.9 Å². The van der Waals surface area contributed by atoms with Gasteiger partial charge in [-0.15, -0.1) is 0 Å². The topological polar surface area (TPSA) is 29.5 Å². The molecule has 0 aliphatic heterocycles. The lowest BCUT2D eigenvalue weighted by Gasteiger charge is -2.21. The molecule has 0 saturated carbocycles. The maximum Gasteiger partial charge on any atom is 0.305 e. The molecule has 0 saturated heterocycles. The summed E-state index contributed by atoms with van der Waals surface area (Å²) in [7, 11) is 3.25. The number of benzene rings is 1. The van der Waals surface area contributed by atoms with Crippen molar-refractivity contribution in [2.75, 3.05) is 27.4 Å². The van der Waals surface area contributed by atoms with E-state index in [1.165, 1.54) is 12.7 Å². The first-order valence-electron chi connectivity index (χ1n) is 6.01. The molecular formula is C14H20FNO2. The molecule has 1 atom stereocenters. The Balaban J connectivity index is 2.42. The van der Waals surface area contributed by atoms with Crippen molar-refractivity contribution in [2.45, 2.75) is 13.0 Å². The Morgan fingerprint density at radius 2 is 2.06 bits per heavy atom. The molecular weight excluding hydrogens is 233 g/mol. The summed E-state index contributed by atoms with van der Waals surface area (Å²) in [4.78, 5) is 13.1. The minimum atomic E-state index is -0.506. The minimum Gasteiger partial charge on any atom is -0.469 e. The van der Waals surface area contributed by atoms with Gasteiger partial charge in [-0.3, -0.25) is 9.18 Å². The van der Waals surface area contributed by atoms with Gasteiger partial charge in [-0.25, -0.2) is 0 Å². The maximum absolute atomic E-state index is 12.8. The predicted octanol–water partition coefficient (Wildman–Crippen LogP) is 2.27. The molecule has 4 heteroatoms. The second-order valence-electron chi connectivity index (χ2n) is 4.48. The smallest absolute Gasteiger partial charge is 0.305 e. The summed E-state index contributed by atoms with van der Waals surface area (Å²) in [6.07, 6.45) is 0.131. The summed E-state index contributed by atoms with van der Waals surface area (Å²) < 4.78 is 17.4. The molecule has 1 unspecified atom stereocenters. The van der Waals surface area contributed by atoms with E-state index in [4.69, 9.17) is 0 Å². The van der Waals surface area contributed by atoms with Gasteiger partial charge < -0.3 is 9.64 Å². The molecule has 3 nitrogen and oxygen atoms in total. The van der Waals surface area contributed by atoms with Crippen LogP contribution in [0.1, 0.15) is 12.0 Å². The average Bonchev–Trinajstić information content (AvgIpc) is 2.38. The van der Waals surface area contributed by atoms with Crippen LogP contribution in [0, 0.1) is 5.92 Å². The van der Waals surface area contributed by atoms with E-state index in [1.54, 1.807) is 0 Å². The van der Waals surface area contributed by atoms with Crippen LogP contribution in [-0.4, -0.2) is 38.2 Å². The van der Waals surface area contributed by atoms with Crippen molar-refractivity contribution in [2.24, 2.45) is 5.92 Å². The molecule has 0 aliphatic carbocycles. The normalized spacial score (nSPS) is 12.4. The molecule has 18 heavy (non-hydrogen) atoms. The second-order valence-corrected chi connectivity index (χ2v) is 4.48. The summed E-state index contributed by atoms with van der Waals surface area (Å²) in [5.74, 6) is -0.656. The third kappa shape index (κ3) is 5.27. The third-order valence-corrected chi connectivity index (χ3v) is 2.77. The molecule has 0 heterocycles. The first kappa shape index (κ1) is 14.6. The Kier molecular flexibility index (Phi) is 6.36. The Hall–Kier alpha value is -1.42. The molecule has 100 valence electrons. The van der Waals surface area contributed by atoms with Gasteiger partial charge in [-0.1, -0.05) is 30.3 Å². The summed E-state index contributed by atoms with van der Waals surface area (Å²) in [6.45, 7) is 0.785. The zero-order chi connectivity index (χ0) is 13.4. The van der Waals surface area contributed by atoms with E-state index >= 15 is 0 Å². The number of esters is 1. The van der Waals surface area contributed by atoms with Gasteiger partial charge in [0.25, 0.3) is 0 Å². The molecule has 0 aromatic heterocycles. The highest BCUT2D eigenvalue weighted by Crippen LogP contribution is 2.10. The van der Waals surface area contributed by atoms with Gasteiger partial charge in [-0.05, 0) is 12.6 Å². The summed E-state index contributed by atoms with van der Waals surface area (Å²) in [5, 5.41) is 0. The van der Waals surface area contributed by atoms with Crippen LogP contribution in [0.2, 0.25) is 0 Å². The van der Waals surface area contributed by atoms with Crippen LogP contribution in [0.25, 0.3) is 0 Å². The molecule has 1 aromatic carbocycles. The van der Waals surface area contributed by atoms with E-state index in [9.17, 15) is 9.18 Å². The SMILES string of the molecule is COC(=O)CC(CF)CN(C)Cc1ccccc1. The van der Waals surface area contributed by atoms with Crippen molar-refractivity contribution in [3.63, 3.8) is 0 Å². The van der Waals surface area contributed by atoms with Crippen LogP contribution in [0.4, 0.5) is 4.39 Å². The van der Waals surface area contributed by atoms with Crippen LogP contribution in [-0.2, 0) is 16.1 Å². The van der Waals surface area contributed by atoms with Crippen molar-refractivity contribution in [1.29, 1.82) is 0 Å². The quantitative estimate of drug-likeness (QED) is 0.698. The van der Waals surface area contributed by atoms with Gasteiger partial charge >= 0.3 is 5.97 Å². The Bertz CT molecular complexity index is 356. The number of hydrogen-bond acceptors (Lipinski definition) is 3. The average molecular weight is 253 g/mol. The van der Waals surface area contributed by atoms with Crippen LogP contribution >= 0.6 is 0 Å². The predicted molar refractivity (Wildman–Crippen MR) is 68.9 cm³/mol. The lowest BCUT2D eigenvalue weighted by molar-refractivity contribution is -0.142. The first-order valence-corrected chi connectivity index (χ1v) is 6.01. The molecule has 0 aliphatic rings. The molecule has 1 rings (SSSR count). The second kappa shape index (κ2) is 7.82. The van der Waals surface area contributed by atoms with E-state index in [1.807, 2.05) is 42.3 Å². The summed E-state index contributed by atoms with van der Waals surface area (Å²) in [5.41, 5.74) is 1.18. The van der Waals surface area contributed by atoms with Gasteiger partial charge in [0.15, 0.2) is 0 Å². The van der Waals surface area contributed by atoms with E-state index in [0.29, 0.717) is 6.54 Å². The molecule has 1 aromatic rings. The molecule has 0 bridgehead atoms. The largest absolute Gasteiger partial charge is 0.469 e. The van der Waals surface area contributed by atoms with Crippen LogP contribution in [0.5, 0.6) is 0 Å². The maximum atomic E-state index is 12.8. The number of rotatable bonds is 7. The standard InChI is InChI=1S/C14H20FNO2/c1-16(10-12-6-4-3-5-7-12)11-13(9-15)8-14(17)18-2/h3-7,13H,8-11H2,1-2H3. The van der Waals surface area contributed by atoms with Gasteiger partial charge in [0.1, 0.15) is 0 Å². The molecule has 0 radical (unpaired) electrons. The van der Waals surface area contributed by atoms with Crippen molar-refractivity contribution in [3.05, 3.63) is 35.9 Å². The third-order valence-electron chi connectivity index (χ3n) is 2.77. The number of ether oxygens (including phenoxy) is 1. The molecule has 0 fully saturated rings. The number of carbonyl (C=O) groups excluding carboxylic acids is 1. The van der Waals surface area contributed by atoms with E-state index in [0.717, 1.165) is 6.54 Å². The Morgan fingerprint density at radius 3 is 2.61 bits per heavy atom. The number of hydrogen-bond donors (Lipinski definition) is 0. The van der Waals surface area contributed by atoms with E-state index < -0.39 is 6.67 Å². The number of methoxy groups -OCH3 is 1. The lowest BCUT2D eigenvalue weighted by atomic mass is 10.1.